The number of ether oxygens (including phenoxy) is 1. The van der Waals surface area contributed by atoms with Crippen LogP contribution in [0.2, 0.25) is 0 Å². The molecule has 1 rings (SSSR count). The highest BCUT2D eigenvalue weighted by Gasteiger charge is 2.07. The van der Waals surface area contributed by atoms with Gasteiger partial charge in [0.1, 0.15) is 12.7 Å². The van der Waals surface area contributed by atoms with Crippen molar-refractivity contribution in [1.29, 1.82) is 0 Å². The summed E-state index contributed by atoms with van der Waals surface area (Å²) in [6.07, 6.45) is -1.69. The largest absolute Gasteiger partial charge is 0.446 e. The van der Waals surface area contributed by atoms with Crippen LogP contribution >= 0.6 is 0 Å². The van der Waals surface area contributed by atoms with E-state index < -0.39 is 18.8 Å². The Balaban J connectivity index is 2.31. The van der Waals surface area contributed by atoms with Crippen LogP contribution in [-0.2, 0) is 4.74 Å². The van der Waals surface area contributed by atoms with Gasteiger partial charge in [0.2, 0.25) is 0 Å². The predicted molar refractivity (Wildman–Crippen MR) is 54.5 cm³/mol. The molecule has 0 saturated carbocycles. The lowest BCUT2D eigenvalue weighted by Gasteiger charge is -2.09. The highest BCUT2D eigenvalue weighted by atomic mass is 16.6. The molecule has 0 aliphatic heterocycles. The van der Waals surface area contributed by atoms with Crippen LogP contribution in [0.4, 0.5) is 10.5 Å². The highest BCUT2D eigenvalue weighted by Crippen LogP contribution is 2.05. The van der Waals surface area contributed by atoms with Gasteiger partial charge in [-0.15, -0.1) is 0 Å². The Labute approximate surface area is 87.3 Å². The Bertz CT molecular complexity index is 302. The number of nitrogens with one attached hydrogen (secondary N) is 1. The van der Waals surface area contributed by atoms with Gasteiger partial charge in [0.25, 0.3) is 0 Å². The van der Waals surface area contributed by atoms with E-state index in [0.717, 1.165) is 0 Å². The van der Waals surface area contributed by atoms with Crippen molar-refractivity contribution in [3.05, 3.63) is 30.3 Å². The molecule has 0 bridgehead atoms. The van der Waals surface area contributed by atoms with Gasteiger partial charge in [-0.3, -0.25) is 5.32 Å². The van der Waals surface area contributed by atoms with E-state index in [9.17, 15) is 4.79 Å². The minimum absolute atomic E-state index is 0.227. The van der Waals surface area contributed by atoms with Gasteiger partial charge in [-0.1, -0.05) is 18.2 Å². The summed E-state index contributed by atoms with van der Waals surface area (Å²) in [6.45, 7) is -0.659. The average molecular weight is 211 g/mol. The summed E-state index contributed by atoms with van der Waals surface area (Å²) in [7, 11) is 0. The fraction of sp³-hybridized carbons (Fsp3) is 0.300. The lowest BCUT2D eigenvalue weighted by molar-refractivity contribution is 0.0362. The molecular weight excluding hydrogens is 198 g/mol. The summed E-state index contributed by atoms with van der Waals surface area (Å²) in [6, 6.07) is 8.80. The fourth-order valence-electron chi connectivity index (χ4n) is 0.900. The second-order valence-corrected chi connectivity index (χ2v) is 2.93. The first-order valence-corrected chi connectivity index (χ1v) is 4.50. The monoisotopic (exact) mass is 211 g/mol. The Morgan fingerprint density at radius 3 is 2.67 bits per heavy atom. The maximum atomic E-state index is 11.1. The number of para-hydroxylation sites is 1. The van der Waals surface area contributed by atoms with Crippen LogP contribution < -0.4 is 5.32 Å². The molecule has 15 heavy (non-hydrogen) atoms. The zero-order valence-electron chi connectivity index (χ0n) is 8.09. The second-order valence-electron chi connectivity index (χ2n) is 2.93. The first-order valence-electron chi connectivity index (χ1n) is 4.50. The van der Waals surface area contributed by atoms with Crippen molar-refractivity contribution in [3.8, 4) is 0 Å². The van der Waals surface area contributed by atoms with Gasteiger partial charge >= 0.3 is 6.09 Å². The quantitative estimate of drug-likeness (QED) is 0.681. The molecule has 0 fully saturated rings. The van der Waals surface area contributed by atoms with Crippen LogP contribution in [0, 0.1) is 0 Å². The minimum atomic E-state index is -1.04. The van der Waals surface area contributed by atoms with E-state index in [1.165, 1.54) is 0 Å². The number of hydrogen-bond acceptors (Lipinski definition) is 4. The van der Waals surface area contributed by atoms with E-state index in [4.69, 9.17) is 10.2 Å². The molecule has 0 spiro atoms. The van der Waals surface area contributed by atoms with Gasteiger partial charge in [0.15, 0.2) is 0 Å². The van der Waals surface area contributed by atoms with Crippen molar-refractivity contribution in [3.63, 3.8) is 0 Å². The second kappa shape index (κ2) is 6.00. The normalized spacial score (nSPS) is 11.9. The van der Waals surface area contributed by atoms with E-state index in [0.29, 0.717) is 5.69 Å². The molecule has 1 aromatic rings. The number of benzene rings is 1. The zero-order chi connectivity index (χ0) is 11.1. The van der Waals surface area contributed by atoms with E-state index in [1.54, 1.807) is 24.3 Å². The third-order valence-corrected chi connectivity index (χ3v) is 1.64. The number of aliphatic hydroxyl groups is 2. The molecule has 0 saturated heterocycles. The van der Waals surface area contributed by atoms with Gasteiger partial charge in [0, 0.05) is 5.69 Å². The van der Waals surface area contributed by atoms with Crippen LogP contribution in [0.25, 0.3) is 0 Å². The number of carbonyl (C=O) groups excluding carboxylic acids is 1. The van der Waals surface area contributed by atoms with Gasteiger partial charge in [-0.25, -0.2) is 4.79 Å². The molecule has 5 nitrogen and oxygen atoms in total. The molecule has 5 heteroatoms. The molecule has 1 aromatic carbocycles. The molecule has 0 aliphatic carbocycles. The maximum absolute atomic E-state index is 11.1. The number of hydrogen-bond donors (Lipinski definition) is 3. The number of anilines is 1. The van der Waals surface area contributed by atoms with E-state index in [1.807, 2.05) is 6.07 Å². The smallest absolute Gasteiger partial charge is 0.411 e. The van der Waals surface area contributed by atoms with E-state index in [-0.39, 0.29) is 6.61 Å². The van der Waals surface area contributed by atoms with Crippen LogP contribution in [0.1, 0.15) is 0 Å². The third kappa shape index (κ3) is 4.44. The number of amides is 1. The lowest BCUT2D eigenvalue weighted by Crippen LogP contribution is -2.24. The summed E-state index contributed by atoms with van der Waals surface area (Å²) in [5.41, 5.74) is 0.612. The molecule has 0 radical (unpaired) electrons. The molecule has 3 N–H and O–H groups in total. The summed E-state index contributed by atoms with van der Waals surface area (Å²) in [4.78, 5) is 11.1. The lowest BCUT2D eigenvalue weighted by atomic mass is 10.3. The van der Waals surface area contributed by atoms with Gasteiger partial charge in [-0.2, -0.15) is 0 Å². The van der Waals surface area contributed by atoms with Crippen molar-refractivity contribution in [2.75, 3.05) is 18.5 Å². The van der Waals surface area contributed by atoms with Crippen LogP contribution in [0.3, 0.4) is 0 Å². The molecule has 0 heterocycles. The molecular formula is C10H13NO4. The van der Waals surface area contributed by atoms with Gasteiger partial charge < -0.3 is 14.9 Å². The van der Waals surface area contributed by atoms with Crippen molar-refractivity contribution in [2.45, 2.75) is 6.10 Å². The fourth-order valence-corrected chi connectivity index (χ4v) is 0.900. The maximum Gasteiger partial charge on any atom is 0.411 e. The molecule has 1 atom stereocenters. The number of aliphatic hydroxyl groups excluding tert-OH is 2. The predicted octanol–water partition coefficient (Wildman–Crippen LogP) is 0.588. The molecule has 0 aliphatic rings. The van der Waals surface area contributed by atoms with Crippen LogP contribution in [0.15, 0.2) is 30.3 Å². The molecule has 0 unspecified atom stereocenters. The number of carbonyl (C=O) groups is 1. The third-order valence-electron chi connectivity index (χ3n) is 1.64. The summed E-state index contributed by atoms with van der Waals surface area (Å²) in [5, 5.41) is 19.9. The summed E-state index contributed by atoms with van der Waals surface area (Å²) < 4.78 is 4.64. The zero-order valence-corrected chi connectivity index (χ0v) is 8.09. The topological polar surface area (TPSA) is 78.8 Å². The Morgan fingerprint density at radius 2 is 2.07 bits per heavy atom. The molecule has 1 amide bonds. The number of rotatable bonds is 4. The van der Waals surface area contributed by atoms with Crippen LogP contribution in [0.5, 0.6) is 0 Å². The minimum Gasteiger partial charge on any atom is -0.446 e. The van der Waals surface area contributed by atoms with E-state index >= 15 is 0 Å². The SMILES string of the molecule is O=C(Nc1ccccc1)OC[C@H](O)CO. The average Bonchev–Trinajstić information content (AvgIpc) is 2.27. The van der Waals surface area contributed by atoms with E-state index in [2.05, 4.69) is 10.1 Å². The molecule has 0 aromatic heterocycles. The highest BCUT2D eigenvalue weighted by molar-refractivity contribution is 5.84. The Hall–Kier alpha value is -1.59. The van der Waals surface area contributed by atoms with Crippen molar-refractivity contribution < 1.29 is 19.7 Å². The van der Waals surface area contributed by atoms with Gasteiger partial charge in [-0.05, 0) is 12.1 Å². The molecule has 82 valence electrons. The van der Waals surface area contributed by atoms with Crippen LogP contribution in [-0.4, -0.2) is 35.6 Å². The first kappa shape index (κ1) is 11.5. The first-order chi connectivity index (χ1) is 7.22. The Morgan fingerprint density at radius 1 is 1.40 bits per heavy atom. The van der Waals surface area contributed by atoms with Gasteiger partial charge in [0.05, 0.1) is 6.61 Å². The summed E-state index contributed by atoms with van der Waals surface area (Å²) in [5.74, 6) is 0. The Kier molecular flexibility index (Phi) is 4.59. The summed E-state index contributed by atoms with van der Waals surface area (Å²) >= 11 is 0. The van der Waals surface area contributed by atoms with Crippen molar-refractivity contribution >= 4 is 11.8 Å². The van der Waals surface area contributed by atoms with Crippen molar-refractivity contribution in [1.82, 2.24) is 0 Å². The standard InChI is InChI=1S/C10H13NO4/c12-6-9(13)7-15-10(14)11-8-4-2-1-3-5-8/h1-5,9,12-13H,6-7H2,(H,11,14)/t9-/m1/s1. The van der Waals surface area contributed by atoms with Crippen molar-refractivity contribution in [2.24, 2.45) is 0 Å².